The van der Waals surface area contributed by atoms with Crippen LogP contribution in [0.25, 0.3) is 0 Å². The molecule has 1 atom stereocenters. The summed E-state index contributed by atoms with van der Waals surface area (Å²) in [6, 6.07) is 5.80. The number of hydrogen-bond donors (Lipinski definition) is 1. The van der Waals surface area contributed by atoms with Crippen LogP contribution in [0.15, 0.2) is 23.1 Å². The lowest BCUT2D eigenvalue weighted by atomic mass is 9.94. The van der Waals surface area contributed by atoms with Gasteiger partial charge in [0.15, 0.2) is 0 Å². The third-order valence-corrected chi connectivity index (χ3v) is 6.35. The molecule has 0 aromatic heterocycles. The van der Waals surface area contributed by atoms with Crippen molar-refractivity contribution in [3.8, 4) is 0 Å². The lowest BCUT2D eigenvalue weighted by Gasteiger charge is -2.38. The van der Waals surface area contributed by atoms with Crippen LogP contribution in [0.5, 0.6) is 0 Å². The first-order chi connectivity index (χ1) is 10.1. The maximum atomic E-state index is 13.9. The summed E-state index contributed by atoms with van der Waals surface area (Å²) in [6.45, 7) is 1.01. The molecule has 1 unspecified atom stereocenters. The summed E-state index contributed by atoms with van der Waals surface area (Å²) < 4.78 is 13.9. The van der Waals surface area contributed by atoms with Gasteiger partial charge in [0.2, 0.25) is 0 Å². The zero-order valence-electron chi connectivity index (χ0n) is 13.0. The van der Waals surface area contributed by atoms with Gasteiger partial charge in [-0.3, -0.25) is 0 Å². The highest BCUT2D eigenvalue weighted by Gasteiger charge is 2.36. The van der Waals surface area contributed by atoms with Gasteiger partial charge in [0.25, 0.3) is 0 Å². The van der Waals surface area contributed by atoms with E-state index < -0.39 is 0 Å². The molecular weight excluding hydrogens is 283 g/mol. The highest BCUT2D eigenvalue weighted by atomic mass is 32.2. The highest BCUT2D eigenvalue weighted by molar-refractivity contribution is 7.99. The molecule has 1 aliphatic heterocycles. The van der Waals surface area contributed by atoms with E-state index in [0.717, 1.165) is 29.2 Å². The molecule has 1 aromatic rings. The highest BCUT2D eigenvalue weighted by Crippen LogP contribution is 2.39. The summed E-state index contributed by atoms with van der Waals surface area (Å²) in [5.74, 6) is 0.938. The first kappa shape index (κ1) is 15.3. The van der Waals surface area contributed by atoms with Crippen LogP contribution >= 0.6 is 11.8 Å². The number of fused-ring (bicyclic) bond motifs is 1. The number of thioether (sulfide) groups is 1. The molecule has 0 saturated heterocycles. The molecule has 2 aliphatic rings. The van der Waals surface area contributed by atoms with Crippen molar-refractivity contribution in [1.82, 2.24) is 10.2 Å². The van der Waals surface area contributed by atoms with Crippen LogP contribution in [0.3, 0.4) is 0 Å². The largest absolute Gasteiger partial charge is 0.308 e. The molecule has 1 aliphatic carbocycles. The second-order valence-electron chi connectivity index (χ2n) is 6.55. The molecule has 1 saturated carbocycles. The zero-order chi connectivity index (χ0) is 14.9. The monoisotopic (exact) mass is 308 g/mol. The van der Waals surface area contributed by atoms with Crippen molar-refractivity contribution in [3.05, 3.63) is 29.6 Å². The van der Waals surface area contributed by atoms with Crippen LogP contribution in [-0.4, -0.2) is 36.8 Å². The summed E-state index contributed by atoms with van der Waals surface area (Å²) >= 11 is 1.66. The minimum absolute atomic E-state index is 0.0628. The molecule has 0 amide bonds. The minimum atomic E-state index is -0.0628. The lowest BCUT2D eigenvalue weighted by Crippen LogP contribution is -2.50. The predicted molar refractivity (Wildman–Crippen MR) is 87.4 cm³/mol. The van der Waals surface area contributed by atoms with Crippen LogP contribution in [0.1, 0.15) is 43.7 Å². The Hall–Kier alpha value is -0.580. The molecule has 1 N–H and O–H groups in total. The van der Waals surface area contributed by atoms with E-state index in [0.29, 0.717) is 6.04 Å². The number of likely N-dealkylation sites (N-methyl/N-ethyl adjacent to an activating group) is 1. The van der Waals surface area contributed by atoms with E-state index in [1.807, 2.05) is 6.07 Å². The Morgan fingerprint density at radius 3 is 2.81 bits per heavy atom. The van der Waals surface area contributed by atoms with Crippen molar-refractivity contribution < 1.29 is 4.39 Å². The Labute approximate surface area is 131 Å². The molecule has 116 valence electrons. The van der Waals surface area contributed by atoms with E-state index in [2.05, 4.69) is 30.4 Å². The van der Waals surface area contributed by atoms with Gasteiger partial charge in [-0.15, -0.1) is 11.8 Å². The molecule has 21 heavy (non-hydrogen) atoms. The molecule has 1 aromatic carbocycles. The van der Waals surface area contributed by atoms with Crippen molar-refractivity contribution >= 4 is 11.8 Å². The number of nitrogens with one attached hydrogen (secondary N) is 1. The van der Waals surface area contributed by atoms with Gasteiger partial charge in [0.05, 0.1) is 0 Å². The average Bonchev–Trinajstić information content (AvgIpc) is 2.96. The van der Waals surface area contributed by atoms with Crippen molar-refractivity contribution in [3.63, 3.8) is 0 Å². The van der Waals surface area contributed by atoms with Crippen LogP contribution in [0.2, 0.25) is 0 Å². The van der Waals surface area contributed by atoms with Gasteiger partial charge >= 0.3 is 0 Å². The molecule has 0 spiro atoms. The van der Waals surface area contributed by atoms with Crippen molar-refractivity contribution in [1.29, 1.82) is 0 Å². The van der Waals surface area contributed by atoms with Crippen molar-refractivity contribution in [2.75, 3.05) is 26.4 Å². The van der Waals surface area contributed by atoms with Gasteiger partial charge in [0, 0.05) is 23.0 Å². The van der Waals surface area contributed by atoms with Crippen LogP contribution in [0, 0.1) is 5.82 Å². The fraction of sp³-hybridized carbons (Fsp3) is 0.647. The van der Waals surface area contributed by atoms with E-state index in [9.17, 15) is 4.39 Å². The number of rotatable bonds is 4. The van der Waals surface area contributed by atoms with Gasteiger partial charge in [-0.2, -0.15) is 0 Å². The van der Waals surface area contributed by atoms with E-state index in [-0.39, 0.29) is 11.4 Å². The normalized spacial score (nSPS) is 24.3. The Balaban J connectivity index is 1.74. The topological polar surface area (TPSA) is 15.3 Å². The Kier molecular flexibility index (Phi) is 4.57. The van der Waals surface area contributed by atoms with Gasteiger partial charge < -0.3 is 10.2 Å². The predicted octanol–water partition coefficient (Wildman–Crippen LogP) is 3.83. The molecule has 3 rings (SSSR count). The number of halogens is 1. The molecule has 2 nitrogen and oxygen atoms in total. The molecule has 1 fully saturated rings. The van der Waals surface area contributed by atoms with E-state index in [1.165, 1.54) is 25.7 Å². The van der Waals surface area contributed by atoms with Crippen molar-refractivity contribution in [2.24, 2.45) is 0 Å². The summed E-state index contributed by atoms with van der Waals surface area (Å²) in [5.41, 5.74) is 1.44. The first-order valence-corrected chi connectivity index (χ1v) is 8.93. The molecule has 4 heteroatoms. The molecule has 1 heterocycles. The van der Waals surface area contributed by atoms with Gasteiger partial charge in [-0.05, 0) is 50.7 Å². The first-order valence-electron chi connectivity index (χ1n) is 7.94. The fourth-order valence-electron chi connectivity index (χ4n) is 3.73. The summed E-state index contributed by atoms with van der Waals surface area (Å²) in [7, 11) is 4.38. The second-order valence-corrected chi connectivity index (χ2v) is 7.66. The van der Waals surface area contributed by atoms with Crippen LogP contribution < -0.4 is 5.32 Å². The summed E-state index contributed by atoms with van der Waals surface area (Å²) in [6.07, 6.45) is 6.27. The van der Waals surface area contributed by atoms with E-state index >= 15 is 0 Å². The molecular formula is C17H25FN2S. The lowest BCUT2D eigenvalue weighted by molar-refractivity contribution is 0.148. The Bertz CT molecular complexity index is 498. The average molecular weight is 308 g/mol. The standard InChI is InChI=1S/C17H25FN2S/c1-20(2)17(9-3-4-10-17)12-19-15-8-11-21-16-13(15)6-5-7-14(16)18/h5-7,15,19H,3-4,8-12H2,1-2H3. The number of nitrogens with zero attached hydrogens (tertiary/aromatic N) is 1. The zero-order valence-corrected chi connectivity index (χ0v) is 13.8. The number of hydrogen-bond acceptors (Lipinski definition) is 3. The second kappa shape index (κ2) is 6.27. The van der Waals surface area contributed by atoms with E-state index in [4.69, 9.17) is 0 Å². The van der Waals surface area contributed by atoms with Gasteiger partial charge in [0.1, 0.15) is 5.82 Å². The summed E-state index contributed by atoms with van der Waals surface area (Å²) in [4.78, 5) is 3.24. The van der Waals surface area contributed by atoms with Crippen LogP contribution in [-0.2, 0) is 0 Å². The quantitative estimate of drug-likeness (QED) is 0.910. The van der Waals surface area contributed by atoms with Gasteiger partial charge in [-0.25, -0.2) is 4.39 Å². The maximum Gasteiger partial charge on any atom is 0.137 e. The Morgan fingerprint density at radius 2 is 2.10 bits per heavy atom. The van der Waals surface area contributed by atoms with Crippen molar-refractivity contribution in [2.45, 2.75) is 48.6 Å². The molecule has 0 bridgehead atoms. The third-order valence-electron chi connectivity index (χ3n) is 5.19. The van der Waals surface area contributed by atoms with Gasteiger partial charge in [-0.1, -0.05) is 25.0 Å². The fourth-order valence-corrected chi connectivity index (χ4v) is 4.87. The number of benzene rings is 1. The Morgan fingerprint density at radius 1 is 1.33 bits per heavy atom. The minimum Gasteiger partial charge on any atom is -0.308 e. The smallest absolute Gasteiger partial charge is 0.137 e. The SMILES string of the molecule is CN(C)C1(CNC2CCSc3c(F)cccc32)CCCC1. The maximum absolute atomic E-state index is 13.9. The third kappa shape index (κ3) is 2.99. The van der Waals surface area contributed by atoms with E-state index in [1.54, 1.807) is 17.8 Å². The van der Waals surface area contributed by atoms with Crippen LogP contribution in [0.4, 0.5) is 4.39 Å². The summed E-state index contributed by atoms with van der Waals surface area (Å²) in [5, 5.41) is 3.75. The molecule has 0 radical (unpaired) electrons.